The van der Waals surface area contributed by atoms with E-state index < -0.39 is 6.03 Å². The molecule has 2 heterocycles. The van der Waals surface area contributed by atoms with Crippen LogP contribution in [0.2, 0.25) is 0 Å². The van der Waals surface area contributed by atoms with Gasteiger partial charge >= 0.3 is 6.03 Å². The molecule has 0 aliphatic carbocycles. The molecular weight excluding hydrogens is 540 g/mol. The lowest BCUT2D eigenvalue weighted by Gasteiger charge is -2.26. The maximum atomic E-state index is 13.4. The molecule has 1 fully saturated rings. The molecule has 3 aromatic carbocycles. The molecule has 0 bridgehead atoms. The van der Waals surface area contributed by atoms with Crippen molar-refractivity contribution in [1.29, 1.82) is 5.41 Å². The third kappa shape index (κ3) is 7.13. The fourth-order valence-corrected chi connectivity index (χ4v) is 5.27. The second-order valence-corrected chi connectivity index (χ2v) is 11.8. The summed E-state index contributed by atoms with van der Waals surface area (Å²) in [4.78, 5) is 20.5. The van der Waals surface area contributed by atoms with Crippen molar-refractivity contribution >= 4 is 39.7 Å². The molecule has 1 aliphatic rings. The molecule has 9 nitrogen and oxygen atoms in total. The molecule has 0 spiro atoms. The van der Waals surface area contributed by atoms with E-state index in [0.717, 1.165) is 66.0 Å². The molecule has 9 heteroatoms. The second kappa shape index (κ2) is 12.8. The Morgan fingerprint density at radius 1 is 0.953 bits per heavy atom. The highest BCUT2D eigenvalue weighted by molar-refractivity contribution is 6.10. The molecule has 2 amide bonds. The first-order chi connectivity index (χ1) is 20.6. The molecule has 4 aromatic rings. The molecule has 1 aliphatic heterocycles. The van der Waals surface area contributed by atoms with Gasteiger partial charge in [-0.1, -0.05) is 57.2 Å². The molecule has 43 heavy (non-hydrogen) atoms. The van der Waals surface area contributed by atoms with Gasteiger partial charge in [0.1, 0.15) is 0 Å². The van der Waals surface area contributed by atoms with Crippen LogP contribution in [-0.4, -0.2) is 55.2 Å². The Morgan fingerprint density at radius 2 is 1.63 bits per heavy atom. The van der Waals surface area contributed by atoms with E-state index in [-0.39, 0.29) is 11.3 Å². The topological polar surface area (TPSA) is 112 Å². The molecule has 4 N–H and O–H groups in total. The van der Waals surface area contributed by atoms with Gasteiger partial charge in [-0.15, -0.1) is 0 Å². The number of fused-ring (bicyclic) bond motifs is 1. The largest absolute Gasteiger partial charge is 0.492 e. The van der Waals surface area contributed by atoms with E-state index in [1.807, 2.05) is 48.7 Å². The first-order valence-corrected chi connectivity index (χ1v) is 14.5. The molecule has 0 radical (unpaired) electrons. The molecule has 1 saturated heterocycles. The molecule has 0 unspecified atom stereocenters. The standard InChI is InChI=1S/C34H40N6O3/c1-22(35)37-30-18-24(34(2,3)4)19-31(32(30)42-5)39-33(41)38-29-13-12-26(27-8-6-7-9-28(27)29)23-10-11-25(36-20-23)21-40-14-16-43-17-15-40/h6-13,18-20H,14-17,21H2,1-5H3,(H2,35,37)(H2,38,39,41). The summed E-state index contributed by atoms with van der Waals surface area (Å²) in [6.45, 7) is 12.1. The highest BCUT2D eigenvalue weighted by Crippen LogP contribution is 2.39. The lowest BCUT2D eigenvalue weighted by atomic mass is 9.86. The van der Waals surface area contributed by atoms with Crippen LogP contribution in [-0.2, 0) is 16.7 Å². The Morgan fingerprint density at radius 3 is 2.26 bits per heavy atom. The summed E-state index contributed by atoms with van der Waals surface area (Å²) >= 11 is 0. The number of rotatable bonds is 7. The zero-order chi connectivity index (χ0) is 30.6. The van der Waals surface area contributed by atoms with Gasteiger partial charge in [-0.05, 0) is 53.1 Å². The summed E-state index contributed by atoms with van der Waals surface area (Å²) in [6.07, 6.45) is 1.92. The van der Waals surface area contributed by atoms with Gasteiger partial charge < -0.3 is 25.4 Å². The number of pyridine rings is 1. The van der Waals surface area contributed by atoms with Crippen molar-refractivity contribution in [2.45, 2.75) is 39.7 Å². The van der Waals surface area contributed by atoms with E-state index in [9.17, 15) is 4.79 Å². The Bertz CT molecular complexity index is 1620. The van der Waals surface area contributed by atoms with Crippen LogP contribution in [0.1, 0.15) is 39.0 Å². The minimum absolute atomic E-state index is 0.187. The predicted octanol–water partition coefficient (Wildman–Crippen LogP) is 7.09. The molecule has 5 rings (SSSR count). The number of aromatic nitrogens is 1. The van der Waals surface area contributed by atoms with Crippen LogP contribution in [0.15, 0.2) is 66.9 Å². The van der Waals surface area contributed by atoms with Gasteiger partial charge in [0.25, 0.3) is 0 Å². The second-order valence-electron chi connectivity index (χ2n) is 11.8. The average Bonchev–Trinajstić information content (AvgIpc) is 2.97. The number of carbonyl (C=O) groups excluding carboxylic acids is 1. The predicted molar refractivity (Wildman–Crippen MR) is 175 cm³/mol. The van der Waals surface area contributed by atoms with Gasteiger partial charge in [0, 0.05) is 36.8 Å². The van der Waals surface area contributed by atoms with Gasteiger partial charge in [-0.2, -0.15) is 0 Å². The lowest BCUT2D eigenvalue weighted by molar-refractivity contribution is 0.0336. The number of nitrogens with one attached hydrogen (secondary N) is 4. The number of anilines is 3. The van der Waals surface area contributed by atoms with Crippen LogP contribution in [0.3, 0.4) is 0 Å². The summed E-state index contributed by atoms with van der Waals surface area (Å²) < 4.78 is 11.1. The molecule has 0 atom stereocenters. The van der Waals surface area contributed by atoms with E-state index in [1.165, 1.54) is 0 Å². The van der Waals surface area contributed by atoms with Crippen molar-refractivity contribution in [3.63, 3.8) is 0 Å². The summed E-state index contributed by atoms with van der Waals surface area (Å²) in [6, 6.07) is 19.6. The van der Waals surface area contributed by atoms with Gasteiger partial charge in [0.15, 0.2) is 5.75 Å². The first kappa shape index (κ1) is 30.0. The zero-order valence-electron chi connectivity index (χ0n) is 25.5. The fourth-order valence-electron chi connectivity index (χ4n) is 5.27. The number of amides is 2. The Kier molecular flexibility index (Phi) is 8.94. The fraction of sp³-hybridized carbons (Fsp3) is 0.324. The van der Waals surface area contributed by atoms with E-state index in [2.05, 4.69) is 59.8 Å². The average molecular weight is 581 g/mol. The summed E-state index contributed by atoms with van der Waals surface area (Å²) in [5, 5.41) is 18.9. The molecule has 224 valence electrons. The minimum Gasteiger partial charge on any atom is -0.492 e. The monoisotopic (exact) mass is 580 g/mol. The number of morpholine rings is 1. The number of urea groups is 1. The van der Waals surface area contributed by atoms with Crippen molar-refractivity contribution in [3.05, 3.63) is 78.1 Å². The zero-order valence-corrected chi connectivity index (χ0v) is 25.5. The minimum atomic E-state index is -0.395. The van der Waals surface area contributed by atoms with Crippen LogP contribution >= 0.6 is 0 Å². The maximum Gasteiger partial charge on any atom is 0.323 e. The van der Waals surface area contributed by atoms with Crippen LogP contribution in [0.25, 0.3) is 21.9 Å². The van der Waals surface area contributed by atoms with E-state index >= 15 is 0 Å². The molecule has 1 aromatic heterocycles. The van der Waals surface area contributed by atoms with Crippen LogP contribution in [0, 0.1) is 5.41 Å². The van der Waals surface area contributed by atoms with Crippen molar-refractivity contribution in [1.82, 2.24) is 9.88 Å². The van der Waals surface area contributed by atoms with Crippen LogP contribution < -0.4 is 20.7 Å². The highest BCUT2D eigenvalue weighted by atomic mass is 16.5. The number of hydrogen-bond acceptors (Lipinski definition) is 6. The summed E-state index contributed by atoms with van der Waals surface area (Å²) in [5.74, 6) is 0.729. The smallest absolute Gasteiger partial charge is 0.323 e. The van der Waals surface area contributed by atoms with Crippen molar-refractivity contribution in [2.24, 2.45) is 0 Å². The number of amidine groups is 1. The van der Waals surface area contributed by atoms with Crippen molar-refractivity contribution < 1.29 is 14.3 Å². The van der Waals surface area contributed by atoms with Gasteiger partial charge in [0.05, 0.1) is 48.9 Å². The Labute approximate surface area is 253 Å². The Hall–Kier alpha value is -4.47. The maximum absolute atomic E-state index is 13.4. The summed E-state index contributed by atoms with van der Waals surface area (Å²) in [5.41, 5.74) is 5.72. The third-order valence-electron chi connectivity index (χ3n) is 7.53. The lowest BCUT2D eigenvalue weighted by Crippen LogP contribution is -2.35. The third-order valence-corrected chi connectivity index (χ3v) is 7.53. The van der Waals surface area contributed by atoms with Gasteiger partial charge in [0.2, 0.25) is 0 Å². The van der Waals surface area contributed by atoms with Crippen molar-refractivity contribution in [2.75, 3.05) is 49.4 Å². The van der Waals surface area contributed by atoms with E-state index in [1.54, 1.807) is 14.0 Å². The van der Waals surface area contributed by atoms with E-state index in [4.69, 9.17) is 19.9 Å². The number of nitrogens with zero attached hydrogens (tertiary/aromatic N) is 2. The highest BCUT2D eigenvalue weighted by Gasteiger charge is 2.21. The number of methoxy groups -OCH3 is 1. The normalized spacial score (nSPS) is 13.9. The van der Waals surface area contributed by atoms with Gasteiger partial charge in [-0.25, -0.2) is 4.79 Å². The molecular formula is C34H40N6O3. The number of carbonyl (C=O) groups is 1. The quantitative estimate of drug-likeness (QED) is 0.137. The van der Waals surface area contributed by atoms with Crippen LogP contribution in [0.4, 0.5) is 21.9 Å². The SMILES string of the molecule is COc1c(NC(C)=N)cc(C(C)(C)C)cc1NC(=O)Nc1ccc(-c2ccc(CN3CCOCC3)nc2)c2ccccc12. The van der Waals surface area contributed by atoms with Crippen LogP contribution in [0.5, 0.6) is 5.75 Å². The van der Waals surface area contributed by atoms with Gasteiger partial charge in [-0.3, -0.25) is 15.3 Å². The first-order valence-electron chi connectivity index (χ1n) is 14.5. The summed E-state index contributed by atoms with van der Waals surface area (Å²) in [7, 11) is 1.55. The number of hydrogen-bond donors (Lipinski definition) is 4. The van der Waals surface area contributed by atoms with E-state index in [0.29, 0.717) is 22.8 Å². The number of benzene rings is 3. The van der Waals surface area contributed by atoms with Crippen molar-refractivity contribution in [3.8, 4) is 16.9 Å². The Balaban J connectivity index is 1.39. The molecule has 0 saturated carbocycles. The number of ether oxygens (including phenoxy) is 2.